The number of rotatable bonds is 2. The zero-order valence-corrected chi connectivity index (χ0v) is 7.35. The van der Waals surface area contributed by atoms with Crippen molar-refractivity contribution in [3.63, 3.8) is 0 Å². The van der Waals surface area contributed by atoms with Gasteiger partial charge in [-0.15, -0.1) is 0 Å². The van der Waals surface area contributed by atoms with Crippen LogP contribution in [-0.2, 0) is 0 Å². The molecule has 0 aliphatic heterocycles. The molecule has 0 saturated heterocycles. The van der Waals surface area contributed by atoms with Gasteiger partial charge in [-0.25, -0.2) is 0 Å². The number of nitrogens with one attached hydrogen (secondary N) is 1. The van der Waals surface area contributed by atoms with Crippen LogP contribution < -0.4 is 0 Å². The molecule has 0 heterocycles. The maximum absolute atomic E-state index is 7.53. The Kier molecular flexibility index (Phi) is 2.44. The lowest BCUT2D eigenvalue weighted by molar-refractivity contribution is 1.13. The summed E-state index contributed by atoms with van der Waals surface area (Å²) in [5, 5.41) is 7.53. The summed E-state index contributed by atoms with van der Waals surface area (Å²) in [6, 6.07) is 0. The van der Waals surface area contributed by atoms with E-state index >= 15 is 0 Å². The lowest BCUT2D eigenvalue weighted by atomic mass is 9.91. The molecule has 0 fully saturated rings. The maximum Gasteiger partial charge on any atom is 0.0612 e. The third kappa shape index (κ3) is 1.45. The van der Waals surface area contributed by atoms with Crippen molar-refractivity contribution >= 4 is 5.71 Å². The first kappa shape index (κ1) is 8.72. The molecule has 62 valence electrons. The van der Waals surface area contributed by atoms with Gasteiger partial charge in [-0.1, -0.05) is 32.2 Å². The number of hydrogen-bond donors (Lipinski definition) is 1. The molecule has 0 bridgehead atoms. The summed E-state index contributed by atoms with van der Waals surface area (Å²) in [6.45, 7) is 9.82. The fourth-order valence-corrected chi connectivity index (χ4v) is 1.11. The monoisotopic (exact) mass is 159 g/mol. The molecule has 0 aromatic heterocycles. The van der Waals surface area contributed by atoms with Gasteiger partial charge in [-0.3, -0.25) is 0 Å². The SMILES string of the molecule is C=C(CC)C1=CC=CC(=N)C1=C. The fourth-order valence-electron chi connectivity index (χ4n) is 1.11. The molecular formula is C11H13N. The van der Waals surface area contributed by atoms with E-state index in [0.717, 1.165) is 23.1 Å². The van der Waals surface area contributed by atoms with Crippen molar-refractivity contribution in [1.82, 2.24) is 0 Å². The molecule has 0 radical (unpaired) electrons. The van der Waals surface area contributed by atoms with Gasteiger partial charge in [0.2, 0.25) is 0 Å². The lowest BCUT2D eigenvalue weighted by Gasteiger charge is -2.13. The first-order chi connectivity index (χ1) is 5.66. The van der Waals surface area contributed by atoms with E-state index in [-0.39, 0.29) is 0 Å². The quantitative estimate of drug-likeness (QED) is 0.640. The van der Waals surface area contributed by atoms with Gasteiger partial charge in [-0.05, 0) is 29.2 Å². The van der Waals surface area contributed by atoms with E-state index < -0.39 is 0 Å². The smallest absolute Gasteiger partial charge is 0.0612 e. The summed E-state index contributed by atoms with van der Waals surface area (Å²) in [5.41, 5.74) is 3.34. The fraction of sp³-hybridized carbons (Fsp3) is 0.182. The minimum Gasteiger partial charge on any atom is -0.300 e. The molecule has 1 aliphatic carbocycles. The van der Waals surface area contributed by atoms with Gasteiger partial charge < -0.3 is 5.41 Å². The molecular weight excluding hydrogens is 146 g/mol. The Labute approximate surface area is 73.3 Å². The van der Waals surface area contributed by atoms with Gasteiger partial charge in [0.05, 0.1) is 5.71 Å². The van der Waals surface area contributed by atoms with E-state index in [1.165, 1.54) is 0 Å². The lowest BCUT2D eigenvalue weighted by Crippen LogP contribution is -2.04. The van der Waals surface area contributed by atoms with Crippen LogP contribution in [0.25, 0.3) is 0 Å². The molecule has 12 heavy (non-hydrogen) atoms. The van der Waals surface area contributed by atoms with E-state index in [1.54, 1.807) is 6.08 Å². The van der Waals surface area contributed by atoms with Crippen LogP contribution in [-0.4, -0.2) is 5.71 Å². The molecule has 0 atom stereocenters. The van der Waals surface area contributed by atoms with Crippen LogP contribution in [0.15, 0.2) is 48.1 Å². The maximum atomic E-state index is 7.53. The van der Waals surface area contributed by atoms with Gasteiger partial charge in [0.25, 0.3) is 0 Å². The summed E-state index contributed by atoms with van der Waals surface area (Å²) >= 11 is 0. The second-order valence-corrected chi connectivity index (χ2v) is 2.79. The zero-order chi connectivity index (χ0) is 9.14. The summed E-state index contributed by atoms with van der Waals surface area (Å²) in [7, 11) is 0. The van der Waals surface area contributed by atoms with Crippen molar-refractivity contribution in [1.29, 1.82) is 5.41 Å². The first-order valence-corrected chi connectivity index (χ1v) is 4.01. The van der Waals surface area contributed by atoms with Gasteiger partial charge >= 0.3 is 0 Å². The van der Waals surface area contributed by atoms with Crippen molar-refractivity contribution < 1.29 is 0 Å². The highest BCUT2D eigenvalue weighted by Gasteiger charge is 2.10. The Morgan fingerprint density at radius 1 is 1.58 bits per heavy atom. The van der Waals surface area contributed by atoms with Crippen LogP contribution in [0.5, 0.6) is 0 Å². The third-order valence-electron chi connectivity index (χ3n) is 1.98. The zero-order valence-electron chi connectivity index (χ0n) is 7.35. The van der Waals surface area contributed by atoms with Crippen molar-refractivity contribution in [3.05, 3.63) is 48.1 Å². The molecule has 1 heteroatoms. The van der Waals surface area contributed by atoms with Crippen molar-refractivity contribution in [3.8, 4) is 0 Å². The van der Waals surface area contributed by atoms with Crippen LogP contribution in [0.1, 0.15) is 13.3 Å². The minimum absolute atomic E-state index is 0.488. The van der Waals surface area contributed by atoms with Gasteiger partial charge in [-0.2, -0.15) is 0 Å². The van der Waals surface area contributed by atoms with Crippen LogP contribution in [0, 0.1) is 5.41 Å². The standard InChI is InChI=1S/C11H13N/c1-4-8(2)10-6-5-7-11(12)9(10)3/h5-7,12H,2-4H2,1H3. The molecule has 0 aromatic rings. The Hall–Kier alpha value is -1.37. The molecule has 0 saturated carbocycles. The molecule has 0 unspecified atom stereocenters. The highest BCUT2D eigenvalue weighted by atomic mass is 14.4. The Morgan fingerprint density at radius 2 is 2.25 bits per heavy atom. The molecule has 1 N–H and O–H groups in total. The van der Waals surface area contributed by atoms with Crippen molar-refractivity contribution in [2.24, 2.45) is 0 Å². The van der Waals surface area contributed by atoms with Crippen molar-refractivity contribution in [2.45, 2.75) is 13.3 Å². The van der Waals surface area contributed by atoms with E-state index in [1.807, 2.05) is 12.2 Å². The highest BCUT2D eigenvalue weighted by Crippen LogP contribution is 2.23. The van der Waals surface area contributed by atoms with Gasteiger partial charge in [0.15, 0.2) is 0 Å². The topological polar surface area (TPSA) is 23.9 Å². The Balaban J connectivity index is 2.98. The minimum atomic E-state index is 0.488. The number of hydrogen-bond acceptors (Lipinski definition) is 1. The van der Waals surface area contributed by atoms with Gasteiger partial charge in [0.1, 0.15) is 0 Å². The average molecular weight is 159 g/mol. The number of allylic oxidation sites excluding steroid dienone is 6. The molecule has 1 rings (SSSR count). The summed E-state index contributed by atoms with van der Waals surface area (Å²) < 4.78 is 0. The molecule has 1 aliphatic rings. The average Bonchev–Trinajstić information content (AvgIpc) is 2.08. The summed E-state index contributed by atoms with van der Waals surface area (Å²) in [4.78, 5) is 0. The van der Waals surface area contributed by atoms with Crippen LogP contribution >= 0.6 is 0 Å². The van der Waals surface area contributed by atoms with E-state index in [0.29, 0.717) is 5.71 Å². The Morgan fingerprint density at radius 3 is 2.83 bits per heavy atom. The van der Waals surface area contributed by atoms with E-state index in [4.69, 9.17) is 5.41 Å². The molecule has 0 aromatic carbocycles. The van der Waals surface area contributed by atoms with E-state index in [2.05, 4.69) is 20.1 Å². The predicted molar refractivity (Wildman–Crippen MR) is 53.5 cm³/mol. The van der Waals surface area contributed by atoms with Crippen LogP contribution in [0.2, 0.25) is 0 Å². The molecule has 1 nitrogen and oxygen atoms in total. The van der Waals surface area contributed by atoms with Crippen molar-refractivity contribution in [2.75, 3.05) is 0 Å². The van der Waals surface area contributed by atoms with E-state index in [9.17, 15) is 0 Å². The normalized spacial score (nSPS) is 16.2. The molecule has 0 amide bonds. The first-order valence-electron chi connectivity index (χ1n) is 4.01. The van der Waals surface area contributed by atoms with Gasteiger partial charge in [0, 0.05) is 0 Å². The third-order valence-corrected chi connectivity index (χ3v) is 1.98. The van der Waals surface area contributed by atoms with Crippen LogP contribution in [0.3, 0.4) is 0 Å². The Bertz CT molecular complexity index is 303. The van der Waals surface area contributed by atoms with Crippen LogP contribution in [0.4, 0.5) is 0 Å². The second-order valence-electron chi connectivity index (χ2n) is 2.79. The highest BCUT2D eigenvalue weighted by molar-refractivity contribution is 6.11. The summed E-state index contributed by atoms with van der Waals surface area (Å²) in [5.74, 6) is 0. The summed E-state index contributed by atoms with van der Waals surface area (Å²) in [6.07, 6.45) is 6.49. The molecule has 0 spiro atoms. The largest absolute Gasteiger partial charge is 0.300 e. The second kappa shape index (κ2) is 3.35. The predicted octanol–water partition coefficient (Wildman–Crippen LogP) is 3.02.